The average molecular weight is 318 g/mol. The van der Waals surface area contributed by atoms with Crippen molar-refractivity contribution < 1.29 is 0 Å². The maximum Gasteiger partial charge on any atom is 0.0285 e. The summed E-state index contributed by atoms with van der Waals surface area (Å²) in [4.78, 5) is 1.48. The van der Waals surface area contributed by atoms with Gasteiger partial charge in [0.1, 0.15) is 0 Å². The molecule has 0 aliphatic carbocycles. The lowest BCUT2D eigenvalue weighted by Gasteiger charge is -2.26. The van der Waals surface area contributed by atoms with E-state index in [1.807, 2.05) is 11.3 Å². The molecule has 2 atom stereocenters. The molecule has 1 nitrogen and oxygen atoms in total. The molecule has 1 rings (SSSR count). The van der Waals surface area contributed by atoms with E-state index in [2.05, 4.69) is 67.3 Å². The predicted octanol–water partition coefficient (Wildman–Crippen LogP) is 4.71. The molecule has 0 bridgehead atoms. The molecular formula is C14H24BrNS. The summed E-state index contributed by atoms with van der Waals surface area (Å²) in [7, 11) is 0. The van der Waals surface area contributed by atoms with Crippen molar-refractivity contribution in [3.63, 3.8) is 0 Å². The zero-order chi connectivity index (χ0) is 13.1. The molecule has 17 heavy (non-hydrogen) atoms. The summed E-state index contributed by atoms with van der Waals surface area (Å²) >= 11 is 5.37. The minimum Gasteiger partial charge on any atom is -0.312 e. The normalized spacial score (nSPS) is 15.9. The van der Waals surface area contributed by atoms with Gasteiger partial charge in [0.2, 0.25) is 0 Å². The molecule has 1 aromatic heterocycles. The van der Waals surface area contributed by atoms with Crippen molar-refractivity contribution in [1.29, 1.82) is 0 Å². The molecule has 0 aliphatic heterocycles. The second-order valence-electron chi connectivity index (χ2n) is 6.02. The van der Waals surface area contributed by atoms with Gasteiger partial charge in [-0.3, -0.25) is 0 Å². The Hall–Kier alpha value is 0.140. The molecular weight excluding hydrogens is 294 g/mol. The van der Waals surface area contributed by atoms with Gasteiger partial charge in [0.05, 0.1) is 0 Å². The second-order valence-corrected chi connectivity index (χ2v) is 7.93. The third kappa shape index (κ3) is 6.03. The van der Waals surface area contributed by atoms with Crippen molar-refractivity contribution in [1.82, 2.24) is 5.32 Å². The molecule has 1 N–H and O–H groups in total. The van der Waals surface area contributed by atoms with Gasteiger partial charge in [-0.05, 0) is 67.6 Å². The Labute approximate surface area is 118 Å². The summed E-state index contributed by atoms with van der Waals surface area (Å²) in [6, 6.07) is 2.24. The fraction of sp³-hybridized carbons (Fsp3) is 0.714. The van der Waals surface area contributed by atoms with Crippen LogP contribution >= 0.6 is 27.3 Å². The first kappa shape index (κ1) is 15.2. The maximum atomic E-state index is 3.59. The van der Waals surface area contributed by atoms with Crippen LogP contribution in [0.3, 0.4) is 0 Å². The Morgan fingerprint density at radius 3 is 2.41 bits per heavy atom. The minimum absolute atomic E-state index is 0.222. The lowest BCUT2D eigenvalue weighted by Crippen LogP contribution is -2.40. The number of thiophene rings is 1. The molecule has 98 valence electrons. The quantitative estimate of drug-likeness (QED) is 0.829. The van der Waals surface area contributed by atoms with Crippen LogP contribution in [0.4, 0.5) is 0 Å². The summed E-state index contributed by atoms with van der Waals surface area (Å²) in [6.45, 7) is 12.5. The Morgan fingerprint density at radius 2 is 1.94 bits per heavy atom. The Bertz CT molecular complexity index is 340. The molecule has 0 saturated heterocycles. The van der Waals surface area contributed by atoms with Gasteiger partial charge in [0, 0.05) is 20.3 Å². The number of hydrogen-bond acceptors (Lipinski definition) is 2. The smallest absolute Gasteiger partial charge is 0.0285 e. The van der Waals surface area contributed by atoms with Crippen LogP contribution in [0, 0.1) is 11.8 Å². The summed E-state index contributed by atoms with van der Waals surface area (Å²) in [5.41, 5.74) is 0.222. The van der Waals surface area contributed by atoms with Gasteiger partial charge >= 0.3 is 0 Å². The van der Waals surface area contributed by atoms with Crippen molar-refractivity contribution >= 4 is 27.3 Å². The van der Waals surface area contributed by atoms with Crippen molar-refractivity contribution in [2.24, 2.45) is 11.8 Å². The molecule has 1 aromatic rings. The zero-order valence-electron chi connectivity index (χ0n) is 11.5. The first-order valence-electron chi connectivity index (χ1n) is 6.26. The highest BCUT2D eigenvalue weighted by molar-refractivity contribution is 9.10. The SMILES string of the molecule is CC(CNC(C)(C)C)C(C)Cc1cc(Br)cs1. The van der Waals surface area contributed by atoms with Gasteiger partial charge in [-0.15, -0.1) is 11.3 Å². The van der Waals surface area contributed by atoms with E-state index < -0.39 is 0 Å². The van der Waals surface area contributed by atoms with Crippen LogP contribution in [0.1, 0.15) is 39.5 Å². The van der Waals surface area contributed by atoms with Crippen molar-refractivity contribution in [2.75, 3.05) is 6.54 Å². The van der Waals surface area contributed by atoms with Gasteiger partial charge in [0.15, 0.2) is 0 Å². The third-order valence-electron chi connectivity index (χ3n) is 3.07. The van der Waals surface area contributed by atoms with Gasteiger partial charge in [-0.2, -0.15) is 0 Å². The molecule has 0 fully saturated rings. The highest BCUT2D eigenvalue weighted by atomic mass is 79.9. The van der Waals surface area contributed by atoms with Crippen LogP contribution in [0.25, 0.3) is 0 Å². The van der Waals surface area contributed by atoms with E-state index in [4.69, 9.17) is 0 Å². The topological polar surface area (TPSA) is 12.0 Å². The van der Waals surface area contributed by atoms with E-state index in [1.54, 1.807) is 0 Å². The van der Waals surface area contributed by atoms with E-state index in [9.17, 15) is 0 Å². The number of hydrogen-bond donors (Lipinski definition) is 1. The van der Waals surface area contributed by atoms with Gasteiger partial charge in [-0.1, -0.05) is 13.8 Å². The minimum atomic E-state index is 0.222. The second kappa shape index (κ2) is 6.35. The Balaban J connectivity index is 2.39. The average Bonchev–Trinajstić information content (AvgIpc) is 2.59. The molecule has 0 spiro atoms. The number of halogens is 1. The zero-order valence-corrected chi connectivity index (χ0v) is 13.9. The van der Waals surface area contributed by atoms with E-state index in [1.165, 1.54) is 15.8 Å². The number of nitrogens with one attached hydrogen (secondary N) is 1. The van der Waals surface area contributed by atoms with Gasteiger partial charge in [-0.25, -0.2) is 0 Å². The molecule has 0 saturated carbocycles. The van der Waals surface area contributed by atoms with E-state index in [0.29, 0.717) is 5.92 Å². The highest BCUT2D eigenvalue weighted by Crippen LogP contribution is 2.25. The van der Waals surface area contributed by atoms with E-state index >= 15 is 0 Å². The number of rotatable bonds is 5. The summed E-state index contributed by atoms with van der Waals surface area (Å²) < 4.78 is 1.21. The standard InChI is InChI=1S/C14H24BrNS/c1-10(6-13-7-12(15)9-17-13)11(2)8-16-14(3,4)5/h7,9-11,16H,6,8H2,1-5H3. The molecule has 3 heteroatoms. The van der Waals surface area contributed by atoms with Crippen molar-refractivity contribution in [2.45, 2.75) is 46.6 Å². The molecule has 0 aliphatic rings. The van der Waals surface area contributed by atoms with Crippen molar-refractivity contribution in [3.8, 4) is 0 Å². The van der Waals surface area contributed by atoms with Crippen LogP contribution in [0.5, 0.6) is 0 Å². The van der Waals surface area contributed by atoms with Crippen LogP contribution < -0.4 is 5.32 Å². The summed E-state index contributed by atoms with van der Waals surface area (Å²) in [5, 5.41) is 5.75. The van der Waals surface area contributed by atoms with Crippen LogP contribution in [-0.4, -0.2) is 12.1 Å². The van der Waals surface area contributed by atoms with E-state index in [0.717, 1.165) is 12.5 Å². The Kier molecular flexibility index (Phi) is 5.68. The first-order chi connectivity index (χ1) is 7.78. The molecule has 0 radical (unpaired) electrons. The molecule has 2 unspecified atom stereocenters. The molecule has 0 amide bonds. The monoisotopic (exact) mass is 317 g/mol. The fourth-order valence-electron chi connectivity index (χ4n) is 1.65. The molecule has 0 aromatic carbocycles. The largest absolute Gasteiger partial charge is 0.312 e. The first-order valence-corrected chi connectivity index (χ1v) is 7.93. The van der Waals surface area contributed by atoms with Gasteiger partial charge in [0.25, 0.3) is 0 Å². The summed E-state index contributed by atoms with van der Waals surface area (Å²) in [5.74, 6) is 1.42. The lowest BCUT2D eigenvalue weighted by molar-refractivity contribution is 0.318. The Morgan fingerprint density at radius 1 is 1.29 bits per heavy atom. The predicted molar refractivity (Wildman–Crippen MR) is 81.8 cm³/mol. The van der Waals surface area contributed by atoms with Crippen LogP contribution in [0.2, 0.25) is 0 Å². The molecule has 1 heterocycles. The van der Waals surface area contributed by atoms with Crippen LogP contribution in [0.15, 0.2) is 15.9 Å². The summed E-state index contributed by atoms with van der Waals surface area (Å²) in [6.07, 6.45) is 1.18. The van der Waals surface area contributed by atoms with Gasteiger partial charge < -0.3 is 5.32 Å². The van der Waals surface area contributed by atoms with Crippen LogP contribution in [-0.2, 0) is 6.42 Å². The van der Waals surface area contributed by atoms with Crippen molar-refractivity contribution in [3.05, 3.63) is 20.8 Å². The third-order valence-corrected chi connectivity index (χ3v) is 4.79. The highest BCUT2D eigenvalue weighted by Gasteiger charge is 2.16. The van der Waals surface area contributed by atoms with E-state index in [-0.39, 0.29) is 5.54 Å². The fourth-order valence-corrected chi connectivity index (χ4v) is 3.24. The lowest BCUT2D eigenvalue weighted by atomic mass is 9.91. The maximum absolute atomic E-state index is 3.59.